The van der Waals surface area contributed by atoms with E-state index < -0.39 is 9.84 Å². The van der Waals surface area contributed by atoms with E-state index in [1.807, 2.05) is 18.2 Å². The lowest BCUT2D eigenvalue weighted by Gasteiger charge is -2.14. The number of benzene rings is 1. The number of nitrogens with two attached hydrogens (primary N) is 1. The average Bonchev–Trinajstić information content (AvgIpc) is 2.77. The highest BCUT2D eigenvalue weighted by atomic mass is 32.2. The first-order valence-corrected chi connectivity index (χ1v) is 8.37. The Morgan fingerprint density at radius 3 is 2.90 bits per heavy atom. The summed E-state index contributed by atoms with van der Waals surface area (Å²) in [6.07, 6.45) is 4.94. The van der Waals surface area contributed by atoms with Crippen LogP contribution < -0.4 is 11.1 Å². The van der Waals surface area contributed by atoms with E-state index in [-0.39, 0.29) is 5.25 Å². The van der Waals surface area contributed by atoms with E-state index in [2.05, 4.69) is 10.3 Å². The molecule has 106 valence electrons. The van der Waals surface area contributed by atoms with Crippen molar-refractivity contribution in [2.24, 2.45) is 0 Å². The first-order chi connectivity index (χ1) is 9.58. The van der Waals surface area contributed by atoms with Crippen molar-refractivity contribution in [3.8, 4) is 0 Å². The summed E-state index contributed by atoms with van der Waals surface area (Å²) >= 11 is 0. The second-order valence-corrected chi connectivity index (χ2v) is 7.54. The number of rotatable bonds is 3. The number of fused-ring (bicyclic) bond motifs is 1. The normalized spacial score (nSPS) is 21.1. The van der Waals surface area contributed by atoms with Crippen molar-refractivity contribution >= 4 is 32.0 Å². The Labute approximate surface area is 118 Å². The summed E-state index contributed by atoms with van der Waals surface area (Å²) in [5, 5.41) is 4.82. The number of sulfone groups is 1. The Balaban J connectivity index is 1.87. The van der Waals surface area contributed by atoms with Crippen molar-refractivity contribution in [3.05, 3.63) is 30.6 Å². The summed E-state index contributed by atoms with van der Waals surface area (Å²) in [4.78, 5) is 4.07. The molecule has 1 aromatic heterocycles. The van der Waals surface area contributed by atoms with E-state index in [0.29, 0.717) is 18.0 Å². The molecule has 1 fully saturated rings. The molecule has 2 heterocycles. The minimum Gasteiger partial charge on any atom is -0.398 e. The Hall–Kier alpha value is -1.82. The monoisotopic (exact) mass is 291 g/mol. The van der Waals surface area contributed by atoms with E-state index in [1.165, 1.54) is 0 Å². The fraction of sp³-hybridized carbons (Fsp3) is 0.357. The molecule has 3 N–H and O–H groups in total. The standard InChI is InChI=1S/C14H17N3O2S/c15-13-3-4-14(11-5-6-16-9-12(11)13)17-8-10-2-1-7-20(10,18)19/h3-6,9-10,17H,1-2,7-8,15H2. The summed E-state index contributed by atoms with van der Waals surface area (Å²) in [6, 6.07) is 5.59. The van der Waals surface area contributed by atoms with Gasteiger partial charge in [0.1, 0.15) is 0 Å². The van der Waals surface area contributed by atoms with Crippen LogP contribution in [0.2, 0.25) is 0 Å². The Morgan fingerprint density at radius 1 is 1.30 bits per heavy atom. The van der Waals surface area contributed by atoms with Crippen LogP contribution >= 0.6 is 0 Å². The third-order valence-corrected chi connectivity index (χ3v) is 6.11. The van der Waals surface area contributed by atoms with Gasteiger partial charge in [0, 0.05) is 41.1 Å². The number of anilines is 2. The average molecular weight is 291 g/mol. The number of nitrogens with zero attached hydrogens (tertiary/aromatic N) is 1. The molecule has 1 aliphatic heterocycles. The summed E-state index contributed by atoms with van der Waals surface area (Å²) in [6.45, 7) is 0.448. The molecular weight excluding hydrogens is 274 g/mol. The van der Waals surface area contributed by atoms with Crippen molar-refractivity contribution in [2.75, 3.05) is 23.3 Å². The van der Waals surface area contributed by atoms with Crippen LogP contribution in [0.1, 0.15) is 12.8 Å². The van der Waals surface area contributed by atoms with Gasteiger partial charge in [0.15, 0.2) is 9.84 Å². The lowest BCUT2D eigenvalue weighted by Crippen LogP contribution is -2.25. The van der Waals surface area contributed by atoms with Gasteiger partial charge in [-0.05, 0) is 31.0 Å². The van der Waals surface area contributed by atoms with Crippen LogP contribution in [0, 0.1) is 0 Å². The van der Waals surface area contributed by atoms with Crippen molar-refractivity contribution in [3.63, 3.8) is 0 Å². The van der Waals surface area contributed by atoms with Crippen molar-refractivity contribution in [1.82, 2.24) is 4.98 Å². The third kappa shape index (κ3) is 2.31. The minimum atomic E-state index is -2.92. The van der Waals surface area contributed by atoms with Gasteiger partial charge in [-0.3, -0.25) is 4.98 Å². The molecule has 1 atom stereocenters. The van der Waals surface area contributed by atoms with Crippen LogP contribution in [0.25, 0.3) is 10.8 Å². The Morgan fingerprint density at radius 2 is 2.15 bits per heavy atom. The maximum Gasteiger partial charge on any atom is 0.154 e. The molecule has 1 saturated heterocycles. The largest absolute Gasteiger partial charge is 0.398 e. The maximum atomic E-state index is 11.8. The van der Waals surface area contributed by atoms with Crippen LogP contribution in [-0.4, -0.2) is 30.9 Å². The quantitative estimate of drug-likeness (QED) is 0.842. The maximum absolute atomic E-state index is 11.8. The molecule has 6 heteroatoms. The molecule has 3 rings (SSSR count). The van der Waals surface area contributed by atoms with Crippen LogP contribution in [0.4, 0.5) is 11.4 Å². The highest BCUT2D eigenvalue weighted by molar-refractivity contribution is 7.92. The van der Waals surface area contributed by atoms with Gasteiger partial charge >= 0.3 is 0 Å². The van der Waals surface area contributed by atoms with Crippen LogP contribution in [0.15, 0.2) is 30.6 Å². The summed E-state index contributed by atoms with van der Waals surface area (Å²) in [5.41, 5.74) is 7.50. The van der Waals surface area contributed by atoms with Gasteiger partial charge in [0.05, 0.1) is 11.0 Å². The Kier molecular flexibility index (Phi) is 3.25. The molecule has 0 saturated carbocycles. The molecule has 0 aliphatic carbocycles. The molecule has 2 aromatic rings. The van der Waals surface area contributed by atoms with Crippen LogP contribution in [0.5, 0.6) is 0 Å². The van der Waals surface area contributed by atoms with Crippen LogP contribution in [-0.2, 0) is 9.84 Å². The SMILES string of the molecule is Nc1ccc(NCC2CCCS2(=O)=O)c2ccncc12. The second-order valence-electron chi connectivity index (χ2n) is 5.14. The summed E-state index contributed by atoms with van der Waals surface area (Å²) < 4.78 is 23.7. The first kappa shape index (κ1) is 13.2. The predicted molar refractivity (Wildman–Crippen MR) is 81.5 cm³/mol. The van der Waals surface area contributed by atoms with E-state index in [1.54, 1.807) is 12.4 Å². The smallest absolute Gasteiger partial charge is 0.154 e. The van der Waals surface area contributed by atoms with Gasteiger partial charge in [0.25, 0.3) is 0 Å². The number of nitrogen functional groups attached to an aromatic ring is 1. The van der Waals surface area contributed by atoms with Gasteiger partial charge < -0.3 is 11.1 Å². The molecule has 5 nitrogen and oxygen atoms in total. The molecule has 0 radical (unpaired) electrons. The van der Waals surface area contributed by atoms with Crippen molar-refractivity contribution in [1.29, 1.82) is 0 Å². The fourth-order valence-electron chi connectivity index (χ4n) is 2.68. The number of pyridine rings is 1. The van der Waals surface area contributed by atoms with E-state index in [9.17, 15) is 8.42 Å². The van der Waals surface area contributed by atoms with E-state index in [4.69, 9.17) is 5.73 Å². The molecule has 0 bridgehead atoms. The second kappa shape index (κ2) is 4.94. The molecule has 0 amide bonds. The predicted octanol–water partition coefficient (Wildman–Crippen LogP) is 1.81. The van der Waals surface area contributed by atoms with Gasteiger partial charge in [-0.2, -0.15) is 0 Å². The third-order valence-electron chi connectivity index (χ3n) is 3.83. The van der Waals surface area contributed by atoms with Crippen molar-refractivity contribution in [2.45, 2.75) is 18.1 Å². The zero-order valence-electron chi connectivity index (χ0n) is 11.0. The zero-order chi connectivity index (χ0) is 14.2. The van der Waals surface area contributed by atoms with Gasteiger partial charge in [0.2, 0.25) is 0 Å². The number of hydrogen-bond donors (Lipinski definition) is 2. The van der Waals surface area contributed by atoms with Crippen LogP contribution in [0.3, 0.4) is 0 Å². The molecule has 0 spiro atoms. The van der Waals surface area contributed by atoms with Gasteiger partial charge in [-0.15, -0.1) is 0 Å². The lowest BCUT2D eigenvalue weighted by atomic mass is 10.1. The van der Waals surface area contributed by atoms with Crippen molar-refractivity contribution < 1.29 is 8.42 Å². The molecule has 20 heavy (non-hydrogen) atoms. The van der Waals surface area contributed by atoms with E-state index >= 15 is 0 Å². The van der Waals surface area contributed by atoms with E-state index in [0.717, 1.165) is 29.3 Å². The molecule has 1 unspecified atom stereocenters. The fourth-order valence-corrected chi connectivity index (χ4v) is 4.44. The minimum absolute atomic E-state index is 0.281. The Bertz CT molecular complexity index is 743. The first-order valence-electron chi connectivity index (χ1n) is 6.65. The summed E-state index contributed by atoms with van der Waals surface area (Å²) in [5.74, 6) is 0.311. The molecular formula is C14H17N3O2S. The summed E-state index contributed by atoms with van der Waals surface area (Å²) in [7, 11) is -2.92. The topological polar surface area (TPSA) is 85.1 Å². The number of hydrogen-bond acceptors (Lipinski definition) is 5. The lowest BCUT2D eigenvalue weighted by molar-refractivity contribution is 0.591. The van der Waals surface area contributed by atoms with Gasteiger partial charge in [-0.25, -0.2) is 8.42 Å². The number of nitrogens with one attached hydrogen (secondary N) is 1. The molecule has 1 aromatic carbocycles. The highest BCUT2D eigenvalue weighted by Gasteiger charge is 2.30. The highest BCUT2D eigenvalue weighted by Crippen LogP contribution is 2.28. The number of aromatic nitrogens is 1. The zero-order valence-corrected chi connectivity index (χ0v) is 11.9. The molecule has 1 aliphatic rings. The van der Waals surface area contributed by atoms with Gasteiger partial charge in [-0.1, -0.05) is 0 Å².